The summed E-state index contributed by atoms with van der Waals surface area (Å²) in [4.78, 5) is 0. The predicted octanol–water partition coefficient (Wildman–Crippen LogP) is -2.37. The first-order valence-electron chi connectivity index (χ1n) is 4.83. The largest absolute Gasteiger partial charge is 1.00 e. The molecule has 13 heavy (non-hydrogen) atoms. The summed E-state index contributed by atoms with van der Waals surface area (Å²) in [5.74, 6) is 1.88. The molecule has 0 unspecified atom stereocenters. The molecule has 0 aliphatic heterocycles. The van der Waals surface area contributed by atoms with Gasteiger partial charge in [0.15, 0.2) is 0 Å². The van der Waals surface area contributed by atoms with Crippen LogP contribution in [0.3, 0.4) is 0 Å². The molecule has 0 atom stereocenters. The Labute approximate surface area is 129 Å². The fourth-order valence-electron chi connectivity index (χ4n) is 0.906. The maximum absolute atomic E-state index is 2.34. The predicted molar refractivity (Wildman–Crippen MR) is 54.3 cm³/mol. The summed E-state index contributed by atoms with van der Waals surface area (Å²) in [6.45, 7) is 9.34. The van der Waals surface area contributed by atoms with Crippen LogP contribution in [0, 0.1) is 11.8 Å². The van der Waals surface area contributed by atoms with E-state index >= 15 is 0 Å². The van der Waals surface area contributed by atoms with Gasteiger partial charge >= 0.3 is 82.4 Å². The molecular formula is C10H22I2Sn. The van der Waals surface area contributed by atoms with Gasteiger partial charge < -0.3 is 48.0 Å². The third-order valence-corrected chi connectivity index (χ3v) is 5.46. The van der Waals surface area contributed by atoms with Gasteiger partial charge in [-0.05, 0) is 0 Å². The zero-order chi connectivity index (χ0) is 8.69. The van der Waals surface area contributed by atoms with E-state index in [1.807, 2.05) is 0 Å². The zero-order valence-electron chi connectivity index (χ0n) is 9.24. The second-order valence-corrected chi connectivity index (χ2v) is 8.40. The molecule has 0 radical (unpaired) electrons. The SMILES string of the molecule is CC(C)C[CH2][Sn+2][CH2]CC(C)C.[I-].[I-]. The number of hydrogen-bond donors (Lipinski definition) is 0. The van der Waals surface area contributed by atoms with Crippen LogP contribution in [0.5, 0.6) is 0 Å². The molecule has 0 aromatic heterocycles. The molecule has 3 heteroatoms. The van der Waals surface area contributed by atoms with Crippen molar-refractivity contribution in [2.24, 2.45) is 11.8 Å². The molecule has 0 N–H and O–H groups in total. The molecule has 0 aromatic carbocycles. The van der Waals surface area contributed by atoms with Crippen molar-refractivity contribution in [3.63, 3.8) is 0 Å². The minimum Gasteiger partial charge on any atom is -1.00 e. The van der Waals surface area contributed by atoms with E-state index in [0.717, 1.165) is 11.8 Å². The van der Waals surface area contributed by atoms with Gasteiger partial charge in [0.1, 0.15) is 0 Å². The Morgan fingerprint density at radius 2 is 1.08 bits per heavy atom. The molecule has 0 spiro atoms. The van der Waals surface area contributed by atoms with Crippen molar-refractivity contribution < 1.29 is 48.0 Å². The van der Waals surface area contributed by atoms with Crippen LogP contribution in [0.2, 0.25) is 8.87 Å². The summed E-state index contributed by atoms with van der Waals surface area (Å²) < 4.78 is 3.21. The molecule has 0 fully saturated rings. The van der Waals surface area contributed by atoms with Gasteiger partial charge in [-0.2, -0.15) is 0 Å². The molecule has 0 rings (SSSR count). The van der Waals surface area contributed by atoms with Crippen molar-refractivity contribution in [2.45, 2.75) is 49.4 Å². The summed E-state index contributed by atoms with van der Waals surface area (Å²) in [5.41, 5.74) is 0. The monoisotopic (exact) mass is 516 g/mol. The number of rotatable bonds is 6. The standard InChI is InChI=1S/2C5H11.2HI.Sn/c2*1-4-5(2)3;;;/h2*5H,1,4H2,2-3H3;2*1H;/q;;;;+2/p-2. The van der Waals surface area contributed by atoms with E-state index < -0.39 is 0 Å². The molecule has 0 aliphatic carbocycles. The summed E-state index contributed by atoms with van der Waals surface area (Å²) in [5, 5.41) is 0. The van der Waals surface area contributed by atoms with Crippen LogP contribution in [-0.4, -0.2) is 21.1 Å². The van der Waals surface area contributed by atoms with Gasteiger partial charge in [-0.3, -0.25) is 0 Å². The van der Waals surface area contributed by atoms with Crippen LogP contribution in [-0.2, 0) is 0 Å². The normalized spacial score (nSPS) is 9.08. The summed E-state index contributed by atoms with van der Waals surface area (Å²) in [7, 11) is 0. The van der Waals surface area contributed by atoms with E-state index in [4.69, 9.17) is 0 Å². The minimum atomic E-state index is 0. The van der Waals surface area contributed by atoms with E-state index in [1.54, 1.807) is 8.87 Å². The van der Waals surface area contributed by atoms with Crippen LogP contribution in [0.1, 0.15) is 40.5 Å². The zero-order valence-corrected chi connectivity index (χ0v) is 16.4. The Balaban J connectivity index is -0.000000500. The van der Waals surface area contributed by atoms with Gasteiger partial charge in [-0.1, -0.05) is 0 Å². The maximum atomic E-state index is 2.34. The summed E-state index contributed by atoms with van der Waals surface area (Å²) in [6, 6.07) is 0. The van der Waals surface area contributed by atoms with Crippen molar-refractivity contribution in [2.75, 3.05) is 0 Å². The smallest absolute Gasteiger partial charge is 1.00 e. The van der Waals surface area contributed by atoms with Crippen molar-refractivity contribution in [1.82, 2.24) is 0 Å². The first kappa shape index (κ1) is 20.6. The molecular weight excluding hydrogens is 493 g/mol. The second-order valence-electron chi connectivity index (χ2n) is 4.12. The fraction of sp³-hybridized carbons (Fsp3) is 1.00. The van der Waals surface area contributed by atoms with E-state index in [-0.39, 0.29) is 69.1 Å². The minimum absolute atomic E-state index is 0. The first-order valence-corrected chi connectivity index (χ1v) is 8.87. The molecule has 0 bridgehead atoms. The quantitative estimate of drug-likeness (QED) is 0.211. The molecule has 0 heterocycles. The molecule has 0 nitrogen and oxygen atoms in total. The Bertz CT molecular complexity index is 75.0. The van der Waals surface area contributed by atoms with Gasteiger partial charge in [0.05, 0.1) is 0 Å². The molecule has 0 aromatic rings. The van der Waals surface area contributed by atoms with Gasteiger partial charge in [-0.15, -0.1) is 0 Å². The van der Waals surface area contributed by atoms with Crippen molar-refractivity contribution in [1.29, 1.82) is 0 Å². The Morgan fingerprint density at radius 1 is 0.769 bits per heavy atom. The average molecular weight is 515 g/mol. The van der Waals surface area contributed by atoms with E-state index in [2.05, 4.69) is 27.7 Å². The van der Waals surface area contributed by atoms with E-state index in [1.165, 1.54) is 12.8 Å². The number of hydrogen-bond acceptors (Lipinski definition) is 0. The topological polar surface area (TPSA) is 0 Å². The second kappa shape index (κ2) is 14.3. The first-order chi connectivity index (χ1) is 5.13. The third kappa shape index (κ3) is 20.4. The van der Waals surface area contributed by atoms with E-state index in [9.17, 15) is 0 Å². The Morgan fingerprint density at radius 3 is 1.31 bits per heavy atom. The maximum Gasteiger partial charge on any atom is -1.00 e. The van der Waals surface area contributed by atoms with Crippen molar-refractivity contribution in [3.05, 3.63) is 0 Å². The number of halogens is 2. The molecule has 0 amide bonds. The molecule has 0 saturated heterocycles. The average Bonchev–Trinajstić information content (AvgIpc) is 1.85. The molecule has 80 valence electrons. The molecule has 0 saturated carbocycles. The van der Waals surface area contributed by atoms with Crippen molar-refractivity contribution in [3.8, 4) is 0 Å². The summed E-state index contributed by atoms with van der Waals surface area (Å²) >= 11 is 0.0759. The van der Waals surface area contributed by atoms with E-state index in [0.29, 0.717) is 0 Å². The van der Waals surface area contributed by atoms with Gasteiger partial charge in [0, 0.05) is 0 Å². The Hall–Kier alpha value is 2.26. The molecule has 0 aliphatic rings. The fourth-order valence-corrected chi connectivity index (χ4v) is 6.08. The van der Waals surface area contributed by atoms with Gasteiger partial charge in [0.2, 0.25) is 0 Å². The van der Waals surface area contributed by atoms with Crippen LogP contribution in [0.4, 0.5) is 0 Å². The summed E-state index contributed by atoms with van der Waals surface area (Å²) in [6.07, 6.45) is 2.98. The van der Waals surface area contributed by atoms with Crippen LogP contribution in [0.25, 0.3) is 0 Å². The van der Waals surface area contributed by atoms with Gasteiger partial charge in [-0.25, -0.2) is 0 Å². The third-order valence-electron chi connectivity index (χ3n) is 1.80. The van der Waals surface area contributed by atoms with Crippen LogP contribution < -0.4 is 48.0 Å². The van der Waals surface area contributed by atoms with Crippen LogP contribution >= 0.6 is 0 Å². The Kier molecular flexibility index (Phi) is 22.6. The van der Waals surface area contributed by atoms with Crippen LogP contribution in [0.15, 0.2) is 0 Å². The van der Waals surface area contributed by atoms with Crippen molar-refractivity contribution >= 4 is 21.1 Å². The van der Waals surface area contributed by atoms with Gasteiger partial charge in [0.25, 0.3) is 0 Å².